The third-order valence-electron chi connectivity index (χ3n) is 16.5. The first-order chi connectivity index (χ1) is 33.7. The summed E-state index contributed by atoms with van der Waals surface area (Å²) in [5.74, 6) is -4.46. The second-order valence-corrected chi connectivity index (χ2v) is 21.9. The molecule has 4 aliphatic rings. The van der Waals surface area contributed by atoms with Crippen LogP contribution in [0.2, 0.25) is 0 Å². The summed E-state index contributed by atoms with van der Waals surface area (Å²) in [6.07, 6.45) is 29.3. The van der Waals surface area contributed by atoms with Crippen LogP contribution in [-0.2, 0) is 47.7 Å². The van der Waals surface area contributed by atoms with Crippen molar-refractivity contribution in [3.05, 3.63) is 23.8 Å². The van der Waals surface area contributed by atoms with E-state index in [1.54, 1.807) is 13.0 Å². The lowest BCUT2D eigenvalue weighted by atomic mass is 9.52. The second-order valence-electron chi connectivity index (χ2n) is 21.9. The molecule has 11 nitrogen and oxygen atoms in total. The molecule has 12 heteroatoms. The van der Waals surface area contributed by atoms with Gasteiger partial charge in [-0.1, -0.05) is 168 Å². The molecule has 0 spiro atoms. The average Bonchev–Trinajstić information content (AvgIpc) is 3.65. The van der Waals surface area contributed by atoms with Crippen molar-refractivity contribution < 1.29 is 57.2 Å². The second kappa shape index (κ2) is 31.2. The van der Waals surface area contributed by atoms with Gasteiger partial charge in [-0.3, -0.25) is 28.8 Å². The Kier molecular flexibility index (Phi) is 26.4. The van der Waals surface area contributed by atoms with Crippen LogP contribution < -0.4 is 0 Å². The molecule has 1 N–H and O–H groups in total. The lowest BCUT2D eigenvalue weighted by Gasteiger charge is -2.55. The number of halogens is 1. The van der Waals surface area contributed by atoms with Gasteiger partial charge in [0.1, 0.15) is 19.8 Å². The van der Waals surface area contributed by atoms with Gasteiger partial charge < -0.3 is 24.1 Å². The molecule has 10 atom stereocenters. The van der Waals surface area contributed by atoms with Gasteiger partial charge in [0.15, 0.2) is 23.3 Å². The largest absolute Gasteiger partial charge is 0.462 e. The molecule has 2 unspecified atom stereocenters. The number of carbonyl (C=O) groups is 6. The maximum atomic E-state index is 17.8. The SMILES string of the molecule is CCCCCCCCCCCCCC(=O)OCC(COC(=O)CCC(=O)OCC(=O)[C@@H]1C2[C@H](C)C[C@H](O)[C@@]3(F)[C@@H](CCC4=CC(=O)C=C[C@@]43C)[C@@H]2C[C@H]1C)OC(=O)CCCCCCCCCCCCC. The van der Waals surface area contributed by atoms with Gasteiger partial charge in [-0.25, -0.2) is 4.39 Å². The van der Waals surface area contributed by atoms with E-state index in [1.165, 1.54) is 102 Å². The zero-order chi connectivity index (χ0) is 50.9. The molecular formula is C58H93FO11. The summed E-state index contributed by atoms with van der Waals surface area (Å²) in [5.41, 5.74) is -2.43. The van der Waals surface area contributed by atoms with Crippen molar-refractivity contribution in [3.63, 3.8) is 0 Å². The Morgan fingerprint density at radius 3 is 1.66 bits per heavy atom. The van der Waals surface area contributed by atoms with Crippen molar-refractivity contribution in [3.8, 4) is 0 Å². The molecule has 0 saturated heterocycles. The molecule has 0 amide bonds. The molecule has 4 rings (SSSR count). The van der Waals surface area contributed by atoms with E-state index < -0.39 is 65.6 Å². The van der Waals surface area contributed by atoms with E-state index in [1.807, 2.05) is 13.8 Å². The fourth-order valence-corrected chi connectivity index (χ4v) is 12.5. The van der Waals surface area contributed by atoms with Crippen molar-refractivity contribution in [2.75, 3.05) is 19.8 Å². The minimum atomic E-state index is -2.01. The van der Waals surface area contributed by atoms with E-state index in [4.69, 9.17) is 18.9 Å². The van der Waals surface area contributed by atoms with Gasteiger partial charge in [0.05, 0.1) is 18.9 Å². The summed E-state index contributed by atoms with van der Waals surface area (Å²) in [7, 11) is 0. The van der Waals surface area contributed by atoms with Crippen LogP contribution >= 0.6 is 0 Å². The number of ketones is 2. The van der Waals surface area contributed by atoms with Crippen LogP contribution in [0.1, 0.15) is 227 Å². The number of hydrogen-bond acceptors (Lipinski definition) is 11. The number of Topliss-reactive ketones (excluding diaryl/α,β-unsaturated/α-hetero) is 1. The number of allylic oxidation sites excluding steroid dienone is 4. The van der Waals surface area contributed by atoms with Gasteiger partial charge in [0, 0.05) is 30.1 Å². The molecule has 0 aromatic heterocycles. The van der Waals surface area contributed by atoms with E-state index in [9.17, 15) is 33.9 Å². The van der Waals surface area contributed by atoms with Gasteiger partial charge in [-0.05, 0) is 81.3 Å². The van der Waals surface area contributed by atoms with Crippen LogP contribution in [0.3, 0.4) is 0 Å². The highest BCUT2D eigenvalue weighted by atomic mass is 19.1. The normalized spacial score (nSPS) is 27.3. The monoisotopic (exact) mass is 985 g/mol. The number of aliphatic hydroxyl groups is 1. The molecule has 398 valence electrons. The molecule has 0 bridgehead atoms. The first kappa shape index (κ1) is 59.2. The lowest BCUT2D eigenvalue weighted by Crippen LogP contribution is -2.60. The predicted molar refractivity (Wildman–Crippen MR) is 270 cm³/mol. The van der Waals surface area contributed by atoms with Crippen molar-refractivity contribution >= 4 is 35.4 Å². The van der Waals surface area contributed by atoms with Crippen LogP contribution in [-0.4, -0.2) is 78.2 Å². The first-order valence-corrected chi connectivity index (χ1v) is 28.2. The Morgan fingerprint density at radius 2 is 1.13 bits per heavy atom. The number of aliphatic hydroxyl groups excluding tert-OH is 1. The summed E-state index contributed by atoms with van der Waals surface area (Å²) in [5, 5.41) is 11.6. The highest BCUT2D eigenvalue weighted by molar-refractivity contribution is 6.01. The van der Waals surface area contributed by atoms with Gasteiger partial charge in [0.25, 0.3) is 0 Å². The smallest absolute Gasteiger partial charge is 0.306 e. The van der Waals surface area contributed by atoms with Crippen LogP contribution in [0.25, 0.3) is 0 Å². The molecule has 0 aromatic carbocycles. The molecule has 0 radical (unpaired) electrons. The summed E-state index contributed by atoms with van der Waals surface area (Å²) < 4.78 is 39.8. The third kappa shape index (κ3) is 18.0. The Bertz CT molecular complexity index is 1710. The van der Waals surface area contributed by atoms with Gasteiger partial charge in [-0.2, -0.15) is 0 Å². The third-order valence-corrected chi connectivity index (χ3v) is 16.5. The van der Waals surface area contributed by atoms with Gasteiger partial charge in [0.2, 0.25) is 0 Å². The Hall–Kier alpha value is -3.41. The average molecular weight is 985 g/mol. The number of rotatable bonds is 35. The standard InChI is InChI=1S/C58H93FO11/c1-6-8-10-12-14-16-18-20-22-24-26-28-51(63)67-39-46(70-54(66)29-27-25-23-21-19-17-15-13-11-9-7-2)40-68-52(64)32-33-53(65)69-41-49(61)56-42(3)36-47-48-31-30-44-38-45(60)34-35-57(44,5)58(48,59)50(62)37-43(4)55(47)56/h34-35,38,42-43,46-48,50,55-56,62H,6-33,36-37,39-41H2,1-5H3/t42-,43-,46?,47+,48+,50+,55?,56-,57+,58+/m1/s1. The van der Waals surface area contributed by atoms with Crippen LogP contribution in [0.4, 0.5) is 4.39 Å². The first-order valence-electron chi connectivity index (χ1n) is 28.2. The summed E-state index contributed by atoms with van der Waals surface area (Å²) in [4.78, 5) is 77.5. The van der Waals surface area contributed by atoms with E-state index >= 15 is 4.39 Å². The molecule has 3 fully saturated rings. The summed E-state index contributed by atoms with van der Waals surface area (Å²) in [6, 6.07) is 0. The predicted octanol–water partition coefficient (Wildman–Crippen LogP) is 12.8. The summed E-state index contributed by atoms with van der Waals surface area (Å²) in [6.45, 7) is 9.10. The molecule has 4 aliphatic carbocycles. The van der Waals surface area contributed by atoms with Crippen molar-refractivity contribution in [2.24, 2.45) is 40.9 Å². The van der Waals surface area contributed by atoms with Crippen molar-refractivity contribution in [1.82, 2.24) is 0 Å². The zero-order valence-electron chi connectivity index (χ0n) is 44.1. The molecule has 0 heterocycles. The Labute approximate surface area is 421 Å². The fourth-order valence-electron chi connectivity index (χ4n) is 12.5. The van der Waals surface area contributed by atoms with Gasteiger partial charge in [-0.15, -0.1) is 0 Å². The molecule has 3 saturated carbocycles. The number of esters is 4. The zero-order valence-corrected chi connectivity index (χ0v) is 44.1. The molecule has 70 heavy (non-hydrogen) atoms. The quantitative estimate of drug-likeness (QED) is 0.0366. The van der Waals surface area contributed by atoms with Crippen molar-refractivity contribution in [1.29, 1.82) is 0 Å². The number of fused-ring (bicyclic) bond motifs is 5. The minimum Gasteiger partial charge on any atom is -0.462 e. The number of carbonyl (C=O) groups excluding carboxylic acids is 6. The van der Waals surface area contributed by atoms with Gasteiger partial charge >= 0.3 is 23.9 Å². The number of ether oxygens (including phenoxy) is 4. The van der Waals surface area contributed by atoms with Crippen LogP contribution in [0.15, 0.2) is 23.8 Å². The maximum absolute atomic E-state index is 17.8. The lowest BCUT2D eigenvalue weighted by molar-refractivity contribution is -0.167. The van der Waals surface area contributed by atoms with E-state index in [-0.39, 0.29) is 80.6 Å². The van der Waals surface area contributed by atoms with E-state index in [2.05, 4.69) is 13.8 Å². The molecule has 0 aliphatic heterocycles. The fraction of sp³-hybridized carbons (Fsp3) is 0.828. The maximum Gasteiger partial charge on any atom is 0.306 e. The Balaban J connectivity index is 1.21. The summed E-state index contributed by atoms with van der Waals surface area (Å²) >= 11 is 0. The van der Waals surface area contributed by atoms with Crippen LogP contribution in [0.5, 0.6) is 0 Å². The minimum absolute atomic E-state index is 0.100. The highest BCUT2D eigenvalue weighted by Gasteiger charge is 2.67. The Morgan fingerprint density at radius 1 is 0.657 bits per heavy atom. The van der Waals surface area contributed by atoms with E-state index in [0.29, 0.717) is 37.7 Å². The number of alkyl halides is 1. The molecule has 0 aromatic rings. The highest BCUT2D eigenvalue weighted by Crippen LogP contribution is 2.65. The molecular weight excluding hydrogens is 892 g/mol. The van der Waals surface area contributed by atoms with Crippen LogP contribution in [0, 0.1) is 40.9 Å². The number of hydrogen-bond donors (Lipinski definition) is 1. The van der Waals surface area contributed by atoms with E-state index in [0.717, 1.165) is 38.5 Å². The number of unbranched alkanes of at least 4 members (excludes halogenated alkanes) is 20. The van der Waals surface area contributed by atoms with Crippen molar-refractivity contribution in [2.45, 2.75) is 245 Å². The topological polar surface area (TPSA) is 160 Å².